The standard InChI is InChI=1S/C16H18N4O4/c1-11(20-8-2-7-18-20)16(24)19-13-5-3-12(4-6-13)9-14(21)17-10-15(22)23/h2-8,11H,9-10H2,1H3,(H,17,21)(H,19,24)(H,22,23). The third-order valence-corrected chi connectivity index (χ3v) is 3.32. The summed E-state index contributed by atoms with van der Waals surface area (Å²) in [6, 6.07) is 8.08. The minimum absolute atomic E-state index is 0.0746. The van der Waals surface area contributed by atoms with Crippen molar-refractivity contribution < 1.29 is 19.5 Å². The number of amides is 2. The summed E-state index contributed by atoms with van der Waals surface area (Å²) in [6.45, 7) is 1.34. The molecule has 2 rings (SSSR count). The van der Waals surface area contributed by atoms with E-state index in [1.165, 1.54) is 0 Å². The Kier molecular flexibility index (Phi) is 5.67. The second kappa shape index (κ2) is 7.91. The molecule has 0 aliphatic carbocycles. The predicted octanol–water partition coefficient (Wildman–Crippen LogP) is 0.826. The lowest BCUT2D eigenvalue weighted by atomic mass is 10.1. The van der Waals surface area contributed by atoms with Crippen molar-refractivity contribution in [2.45, 2.75) is 19.4 Å². The quantitative estimate of drug-likeness (QED) is 0.696. The first-order valence-corrected chi connectivity index (χ1v) is 7.33. The van der Waals surface area contributed by atoms with Gasteiger partial charge in [0.2, 0.25) is 11.8 Å². The first-order chi connectivity index (χ1) is 11.5. The predicted molar refractivity (Wildman–Crippen MR) is 86.4 cm³/mol. The monoisotopic (exact) mass is 330 g/mol. The number of hydrogen-bond acceptors (Lipinski definition) is 4. The number of nitrogens with zero attached hydrogens (tertiary/aromatic N) is 2. The van der Waals surface area contributed by atoms with E-state index in [0.717, 1.165) is 5.56 Å². The Morgan fingerprint density at radius 2 is 1.96 bits per heavy atom. The fourth-order valence-electron chi connectivity index (χ4n) is 2.00. The maximum Gasteiger partial charge on any atom is 0.322 e. The molecule has 1 unspecified atom stereocenters. The molecule has 2 amide bonds. The van der Waals surface area contributed by atoms with Crippen LogP contribution in [0.2, 0.25) is 0 Å². The van der Waals surface area contributed by atoms with Gasteiger partial charge in [0.15, 0.2) is 0 Å². The fourth-order valence-corrected chi connectivity index (χ4v) is 2.00. The van der Waals surface area contributed by atoms with E-state index in [4.69, 9.17) is 5.11 Å². The van der Waals surface area contributed by atoms with Gasteiger partial charge < -0.3 is 15.7 Å². The number of hydrogen-bond donors (Lipinski definition) is 3. The highest BCUT2D eigenvalue weighted by Gasteiger charge is 2.15. The molecule has 2 aromatic rings. The zero-order valence-corrected chi connectivity index (χ0v) is 13.1. The van der Waals surface area contributed by atoms with Crippen LogP contribution in [0.1, 0.15) is 18.5 Å². The van der Waals surface area contributed by atoms with E-state index >= 15 is 0 Å². The van der Waals surface area contributed by atoms with Crippen LogP contribution in [0.25, 0.3) is 0 Å². The molecule has 1 atom stereocenters. The van der Waals surface area contributed by atoms with E-state index in [2.05, 4.69) is 15.7 Å². The number of aromatic nitrogens is 2. The van der Waals surface area contributed by atoms with Crippen LogP contribution in [0.4, 0.5) is 5.69 Å². The normalized spacial score (nSPS) is 11.5. The van der Waals surface area contributed by atoms with Crippen molar-refractivity contribution in [2.24, 2.45) is 0 Å². The molecule has 1 aromatic heterocycles. The number of anilines is 1. The molecule has 0 saturated carbocycles. The average Bonchev–Trinajstić information content (AvgIpc) is 3.08. The fraction of sp³-hybridized carbons (Fsp3) is 0.250. The highest BCUT2D eigenvalue weighted by Crippen LogP contribution is 2.13. The Labute approximate surface area is 138 Å². The maximum absolute atomic E-state index is 12.1. The lowest BCUT2D eigenvalue weighted by molar-refractivity contribution is -0.137. The Bertz CT molecular complexity index is 710. The summed E-state index contributed by atoms with van der Waals surface area (Å²) >= 11 is 0. The van der Waals surface area contributed by atoms with Gasteiger partial charge in [0.25, 0.3) is 0 Å². The first-order valence-electron chi connectivity index (χ1n) is 7.33. The molecule has 3 N–H and O–H groups in total. The zero-order valence-electron chi connectivity index (χ0n) is 13.1. The lowest BCUT2D eigenvalue weighted by Crippen LogP contribution is -2.30. The second-order valence-corrected chi connectivity index (χ2v) is 5.20. The summed E-state index contributed by atoms with van der Waals surface area (Å²) in [7, 11) is 0. The molecular weight excluding hydrogens is 312 g/mol. The molecule has 126 valence electrons. The minimum atomic E-state index is -1.09. The number of carboxylic acid groups (broad SMARTS) is 1. The van der Waals surface area contributed by atoms with Crippen molar-refractivity contribution in [1.29, 1.82) is 0 Å². The Morgan fingerprint density at radius 3 is 2.54 bits per heavy atom. The summed E-state index contributed by atoms with van der Waals surface area (Å²) < 4.78 is 1.55. The van der Waals surface area contributed by atoms with Crippen molar-refractivity contribution in [2.75, 3.05) is 11.9 Å². The van der Waals surface area contributed by atoms with Gasteiger partial charge in [-0.2, -0.15) is 5.10 Å². The summed E-state index contributed by atoms with van der Waals surface area (Å²) in [5.74, 6) is -1.67. The summed E-state index contributed by atoms with van der Waals surface area (Å²) in [5.41, 5.74) is 1.32. The SMILES string of the molecule is CC(C(=O)Nc1ccc(CC(=O)NCC(=O)O)cc1)n1cccn1. The van der Waals surface area contributed by atoms with Crippen LogP contribution in [0.5, 0.6) is 0 Å². The van der Waals surface area contributed by atoms with E-state index < -0.39 is 18.6 Å². The van der Waals surface area contributed by atoms with Crippen LogP contribution < -0.4 is 10.6 Å². The maximum atomic E-state index is 12.1. The molecule has 8 heteroatoms. The number of nitrogens with one attached hydrogen (secondary N) is 2. The van der Waals surface area contributed by atoms with Crippen LogP contribution in [0.3, 0.4) is 0 Å². The topological polar surface area (TPSA) is 113 Å². The summed E-state index contributed by atoms with van der Waals surface area (Å²) in [4.78, 5) is 34.1. The van der Waals surface area contributed by atoms with Gasteiger partial charge in [-0.25, -0.2) is 0 Å². The number of carbonyl (C=O) groups is 3. The molecule has 8 nitrogen and oxygen atoms in total. The third kappa shape index (κ3) is 4.94. The van der Waals surface area contributed by atoms with Crippen LogP contribution in [-0.2, 0) is 20.8 Å². The Balaban J connectivity index is 1.88. The van der Waals surface area contributed by atoms with E-state index in [9.17, 15) is 14.4 Å². The van der Waals surface area contributed by atoms with Crippen molar-refractivity contribution in [3.05, 3.63) is 48.3 Å². The highest BCUT2D eigenvalue weighted by atomic mass is 16.4. The lowest BCUT2D eigenvalue weighted by Gasteiger charge is -2.13. The smallest absolute Gasteiger partial charge is 0.322 e. The van der Waals surface area contributed by atoms with Crippen LogP contribution in [0, 0.1) is 0 Å². The van der Waals surface area contributed by atoms with Gasteiger partial charge in [-0.15, -0.1) is 0 Å². The molecule has 0 aliphatic rings. The highest BCUT2D eigenvalue weighted by molar-refractivity contribution is 5.93. The number of carboxylic acids is 1. The van der Waals surface area contributed by atoms with Gasteiger partial charge in [0, 0.05) is 18.1 Å². The van der Waals surface area contributed by atoms with E-state index in [1.54, 1.807) is 54.3 Å². The molecule has 24 heavy (non-hydrogen) atoms. The minimum Gasteiger partial charge on any atom is -0.480 e. The Hall–Kier alpha value is -3.16. The molecule has 1 heterocycles. The van der Waals surface area contributed by atoms with Crippen molar-refractivity contribution >= 4 is 23.5 Å². The zero-order chi connectivity index (χ0) is 17.5. The average molecular weight is 330 g/mol. The molecule has 0 aliphatic heterocycles. The Morgan fingerprint density at radius 1 is 1.25 bits per heavy atom. The van der Waals surface area contributed by atoms with Gasteiger partial charge in [0.1, 0.15) is 12.6 Å². The molecule has 0 saturated heterocycles. The van der Waals surface area contributed by atoms with E-state index in [0.29, 0.717) is 5.69 Å². The largest absolute Gasteiger partial charge is 0.480 e. The van der Waals surface area contributed by atoms with Crippen LogP contribution in [-0.4, -0.2) is 39.2 Å². The molecular formula is C16H18N4O4. The van der Waals surface area contributed by atoms with E-state index in [-0.39, 0.29) is 18.2 Å². The number of rotatable bonds is 7. The first kappa shape index (κ1) is 17.2. The number of aliphatic carboxylic acids is 1. The summed E-state index contributed by atoms with van der Waals surface area (Å²) in [6.07, 6.45) is 3.39. The van der Waals surface area contributed by atoms with Gasteiger partial charge in [-0.05, 0) is 30.7 Å². The van der Waals surface area contributed by atoms with Crippen molar-refractivity contribution in [1.82, 2.24) is 15.1 Å². The van der Waals surface area contributed by atoms with Gasteiger partial charge in [0.05, 0.1) is 6.42 Å². The number of benzene rings is 1. The number of carbonyl (C=O) groups excluding carboxylic acids is 2. The van der Waals surface area contributed by atoms with Gasteiger partial charge >= 0.3 is 5.97 Å². The molecule has 0 spiro atoms. The van der Waals surface area contributed by atoms with Gasteiger partial charge in [-0.3, -0.25) is 19.1 Å². The third-order valence-electron chi connectivity index (χ3n) is 3.32. The summed E-state index contributed by atoms with van der Waals surface area (Å²) in [5, 5.41) is 17.6. The van der Waals surface area contributed by atoms with Crippen molar-refractivity contribution in [3.8, 4) is 0 Å². The van der Waals surface area contributed by atoms with Crippen molar-refractivity contribution in [3.63, 3.8) is 0 Å². The molecule has 0 fully saturated rings. The van der Waals surface area contributed by atoms with Gasteiger partial charge in [-0.1, -0.05) is 12.1 Å². The van der Waals surface area contributed by atoms with Crippen LogP contribution >= 0.6 is 0 Å². The van der Waals surface area contributed by atoms with E-state index in [1.807, 2.05) is 0 Å². The molecule has 1 aromatic carbocycles. The second-order valence-electron chi connectivity index (χ2n) is 5.20. The molecule has 0 radical (unpaired) electrons. The van der Waals surface area contributed by atoms with Crippen LogP contribution in [0.15, 0.2) is 42.7 Å². The molecule has 0 bridgehead atoms.